The van der Waals surface area contributed by atoms with Crippen molar-refractivity contribution in [2.45, 2.75) is 44.6 Å². The van der Waals surface area contributed by atoms with E-state index in [4.69, 9.17) is 5.73 Å². The first kappa shape index (κ1) is 13.8. The molecule has 2 rings (SSSR count). The van der Waals surface area contributed by atoms with Gasteiger partial charge in [0.25, 0.3) is 0 Å². The van der Waals surface area contributed by atoms with Crippen LogP contribution in [-0.2, 0) is 6.18 Å². The first-order valence-electron chi connectivity index (χ1n) is 5.97. The van der Waals surface area contributed by atoms with Gasteiger partial charge in [-0.3, -0.25) is 4.90 Å². The lowest BCUT2D eigenvalue weighted by molar-refractivity contribution is -0.134. The van der Waals surface area contributed by atoms with Crippen molar-refractivity contribution in [1.82, 2.24) is 4.90 Å². The van der Waals surface area contributed by atoms with E-state index in [0.29, 0.717) is 5.56 Å². The van der Waals surface area contributed by atoms with Crippen LogP contribution in [0.3, 0.4) is 0 Å². The molecule has 1 aromatic rings. The van der Waals surface area contributed by atoms with Crippen LogP contribution in [-0.4, -0.2) is 23.5 Å². The van der Waals surface area contributed by atoms with Gasteiger partial charge in [0.1, 0.15) is 4.88 Å². The lowest BCUT2D eigenvalue weighted by Crippen LogP contribution is -2.35. The zero-order valence-corrected chi connectivity index (χ0v) is 11.2. The molecular weight excluding hydrogens is 261 g/mol. The van der Waals surface area contributed by atoms with Crippen molar-refractivity contribution in [2.75, 3.05) is 6.54 Å². The molecule has 0 aromatic carbocycles. The predicted octanol–water partition coefficient (Wildman–Crippen LogP) is 3.25. The van der Waals surface area contributed by atoms with E-state index >= 15 is 0 Å². The van der Waals surface area contributed by atoms with Gasteiger partial charge in [-0.05, 0) is 37.3 Å². The van der Waals surface area contributed by atoms with Crippen LogP contribution in [0, 0.1) is 0 Å². The SMILES string of the molecule is CC(C)N1CC[C@@H](N)[C@@H]1c1csc(C(F)(F)F)c1. The summed E-state index contributed by atoms with van der Waals surface area (Å²) in [5, 5.41) is 1.59. The first-order valence-corrected chi connectivity index (χ1v) is 6.85. The molecule has 6 heteroatoms. The fourth-order valence-corrected chi connectivity index (χ4v) is 3.32. The molecule has 18 heavy (non-hydrogen) atoms. The molecule has 0 radical (unpaired) electrons. The topological polar surface area (TPSA) is 29.3 Å². The highest BCUT2D eigenvalue weighted by atomic mass is 32.1. The Bertz CT molecular complexity index is 414. The second-order valence-corrected chi connectivity index (χ2v) is 5.88. The summed E-state index contributed by atoms with van der Waals surface area (Å²) < 4.78 is 37.8. The van der Waals surface area contributed by atoms with Gasteiger partial charge in [-0.15, -0.1) is 11.3 Å². The number of likely N-dealkylation sites (tertiary alicyclic amines) is 1. The molecule has 0 spiro atoms. The Morgan fingerprint density at radius 1 is 1.44 bits per heavy atom. The number of alkyl halides is 3. The monoisotopic (exact) mass is 278 g/mol. The van der Waals surface area contributed by atoms with Crippen molar-refractivity contribution < 1.29 is 13.2 Å². The van der Waals surface area contributed by atoms with Crippen LogP contribution < -0.4 is 5.73 Å². The van der Waals surface area contributed by atoms with Crippen molar-refractivity contribution in [2.24, 2.45) is 5.73 Å². The number of hydrogen-bond acceptors (Lipinski definition) is 3. The molecule has 0 unspecified atom stereocenters. The summed E-state index contributed by atoms with van der Waals surface area (Å²) in [4.78, 5) is 1.63. The molecule has 1 fully saturated rings. The third-order valence-electron chi connectivity index (χ3n) is 3.39. The third kappa shape index (κ3) is 2.55. The Balaban J connectivity index is 2.27. The smallest absolute Gasteiger partial charge is 0.326 e. The second kappa shape index (κ2) is 4.83. The molecule has 0 amide bonds. The summed E-state index contributed by atoms with van der Waals surface area (Å²) in [5.41, 5.74) is 6.74. The van der Waals surface area contributed by atoms with Crippen LogP contribution in [0.2, 0.25) is 0 Å². The van der Waals surface area contributed by atoms with Crippen LogP contribution >= 0.6 is 11.3 Å². The molecule has 102 valence electrons. The van der Waals surface area contributed by atoms with Gasteiger partial charge < -0.3 is 5.73 Å². The second-order valence-electron chi connectivity index (χ2n) is 4.97. The zero-order chi connectivity index (χ0) is 13.5. The molecule has 0 saturated carbocycles. The van der Waals surface area contributed by atoms with Crippen molar-refractivity contribution >= 4 is 11.3 Å². The molecule has 2 N–H and O–H groups in total. The number of rotatable bonds is 2. The fraction of sp³-hybridized carbons (Fsp3) is 0.667. The van der Waals surface area contributed by atoms with Crippen molar-refractivity contribution in [3.05, 3.63) is 21.9 Å². The van der Waals surface area contributed by atoms with E-state index in [0.717, 1.165) is 24.3 Å². The Labute approximate surface area is 109 Å². The van der Waals surface area contributed by atoms with Crippen molar-refractivity contribution in [3.63, 3.8) is 0 Å². The Kier molecular flexibility index (Phi) is 3.71. The quantitative estimate of drug-likeness (QED) is 0.899. The largest absolute Gasteiger partial charge is 0.425 e. The first-order chi connectivity index (χ1) is 8.30. The maximum absolute atomic E-state index is 12.6. The lowest BCUT2D eigenvalue weighted by atomic mass is 10.0. The zero-order valence-electron chi connectivity index (χ0n) is 10.4. The number of nitrogens with two attached hydrogens (primary N) is 1. The highest BCUT2D eigenvalue weighted by Crippen LogP contribution is 2.39. The minimum Gasteiger partial charge on any atom is -0.326 e. The molecule has 1 aliphatic heterocycles. The minimum atomic E-state index is -4.26. The molecule has 2 heterocycles. The molecule has 0 bridgehead atoms. The average Bonchev–Trinajstić information content (AvgIpc) is 2.81. The van der Waals surface area contributed by atoms with Gasteiger partial charge in [-0.25, -0.2) is 0 Å². The predicted molar refractivity (Wildman–Crippen MR) is 66.5 cm³/mol. The van der Waals surface area contributed by atoms with Crippen LogP contribution in [0.4, 0.5) is 13.2 Å². The van der Waals surface area contributed by atoms with E-state index in [9.17, 15) is 13.2 Å². The number of nitrogens with zero attached hydrogens (tertiary/aromatic N) is 1. The van der Waals surface area contributed by atoms with Gasteiger partial charge in [-0.2, -0.15) is 13.2 Å². The van der Waals surface area contributed by atoms with Crippen LogP contribution in [0.15, 0.2) is 11.4 Å². The van der Waals surface area contributed by atoms with Gasteiger partial charge in [0.2, 0.25) is 0 Å². The molecule has 0 aliphatic carbocycles. The molecule has 2 nitrogen and oxygen atoms in total. The van der Waals surface area contributed by atoms with Gasteiger partial charge in [0.15, 0.2) is 0 Å². The van der Waals surface area contributed by atoms with Crippen molar-refractivity contribution in [3.8, 4) is 0 Å². The summed E-state index contributed by atoms with van der Waals surface area (Å²) in [6.07, 6.45) is -3.42. The van der Waals surface area contributed by atoms with E-state index in [-0.39, 0.29) is 18.1 Å². The highest BCUT2D eigenvalue weighted by Gasteiger charge is 2.38. The molecule has 1 saturated heterocycles. The normalized spacial score (nSPS) is 26.2. The highest BCUT2D eigenvalue weighted by molar-refractivity contribution is 7.10. The summed E-state index contributed by atoms with van der Waals surface area (Å²) in [7, 11) is 0. The Hall–Kier alpha value is -0.590. The lowest BCUT2D eigenvalue weighted by Gasteiger charge is -2.29. The summed E-state index contributed by atoms with van der Waals surface area (Å²) >= 11 is 0.752. The maximum atomic E-state index is 12.6. The maximum Gasteiger partial charge on any atom is 0.425 e. The van der Waals surface area contributed by atoms with Crippen molar-refractivity contribution in [1.29, 1.82) is 0 Å². The minimum absolute atomic E-state index is 0.0805. The number of thiophene rings is 1. The summed E-state index contributed by atoms with van der Waals surface area (Å²) in [6.45, 7) is 4.94. The number of hydrogen-bond donors (Lipinski definition) is 1. The van der Waals surface area contributed by atoms with E-state index in [2.05, 4.69) is 4.90 Å². The Morgan fingerprint density at radius 3 is 2.61 bits per heavy atom. The van der Waals surface area contributed by atoms with E-state index in [1.807, 2.05) is 13.8 Å². The number of halogens is 3. The summed E-state index contributed by atoms with van der Waals surface area (Å²) in [6, 6.07) is 1.37. The van der Waals surface area contributed by atoms with Crippen LogP contribution in [0.1, 0.15) is 36.8 Å². The molecular formula is C12H17F3N2S. The van der Waals surface area contributed by atoms with E-state index < -0.39 is 11.1 Å². The van der Waals surface area contributed by atoms with Gasteiger partial charge in [-0.1, -0.05) is 0 Å². The van der Waals surface area contributed by atoms with E-state index in [1.54, 1.807) is 5.38 Å². The van der Waals surface area contributed by atoms with Crippen LogP contribution in [0.25, 0.3) is 0 Å². The Morgan fingerprint density at radius 2 is 2.11 bits per heavy atom. The third-order valence-corrected chi connectivity index (χ3v) is 4.38. The molecule has 1 aromatic heterocycles. The standard InChI is InChI=1S/C12H17F3N2S/c1-7(2)17-4-3-9(16)11(17)8-5-10(18-6-8)12(13,14)15/h5-7,9,11H,3-4,16H2,1-2H3/t9-,11+/m1/s1. The average molecular weight is 278 g/mol. The van der Waals surface area contributed by atoms with E-state index in [1.165, 1.54) is 6.07 Å². The fourth-order valence-electron chi connectivity index (χ4n) is 2.51. The molecule has 2 atom stereocenters. The molecule has 1 aliphatic rings. The van der Waals surface area contributed by atoms with Crippen LogP contribution in [0.5, 0.6) is 0 Å². The van der Waals surface area contributed by atoms with Gasteiger partial charge >= 0.3 is 6.18 Å². The van der Waals surface area contributed by atoms with Gasteiger partial charge in [0.05, 0.1) is 6.04 Å². The van der Waals surface area contributed by atoms with Gasteiger partial charge in [0, 0.05) is 18.6 Å². The summed E-state index contributed by atoms with van der Waals surface area (Å²) in [5.74, 6) is 0.